The van der Waals surface area contributed by atoms with Crippen LogP contribution < -0.4 is 11.1 Å². The summed E-state index contributed by atoms with van der Waals surface area (Å²) in [4.78, 5) is 11.2. The molecule has 3 nitrogen and oxygen atoms in total. The topological polar surface area (TPSA) is 55.1 Å². The van der Waals surface area contributed by atoms with Gasteiger partial charge in [-0.2, -0.15) is 0 Å². The highest BCUT2D eigenvalue weighted by atomic mass is 19.1. The predicted octanol–water partition coefficient (Wildman–Crippen LogP) is 1.49. The van der Waals surface area contributed by atoms with Gasteiger partial charge in [0.15, 0.2) is 0 Å². The van der Waals surface area contributed by atoms with E-state index in [1.54, 1.807) is 13.8 Å². The standard InChI is InChI=1S/C11H14F2N2O/c1-6(2)15-10(11(14)16)9-7(12)4-3-5-8(9)13/h3-6,10,15H,1-2H3,(H2,14,16). The van der Waals surface area contributed by atoms with Crippen molar-refractivity contribution < 1.29 is 13.6 Å². The van der Waals surface area contributed by atoms with Gasteiger partial charge in [-0.1, -0.05) is 6.07 Å². The number of nitrogens with one attached hydrogen (secondary N) is 1. The van der Waals surface area contributed by atoms with Gasteiger partial charge in [-0.25, -0.2) is 8.78 Å². The summed E-state index contributed by atoms with van der Waals surface area (Å²) in [5, 5.41) is 2.72. The first-order valence-corrected chi connectivity index (χ1v) is 4.92. The van der Waals surface area contributed by atoms with Gasteiger partial charge in [0.1, 0.15) is 17.7 Å². The Labute approximate surface area is 92.6 Å². The molecule has 1 unspecified atom stereocenters. The monoisotopic (exact) mass is 228 g/mol. The zero-order valence-electron chi connectivity index (χ0n) is 9.13. The lowest BCUT2D eigenvalue weighted by Gasteiger charge is -2.19. The molecular formula is C11H14F2N2O. The molecule has 0 saturated carbocycles. The van der Waals surface area contributed by atoms with Crippen LogP contribution in [0.2, 0.25) is 0 Å². The Kier molecular flexibility index (Phi) is 3.95. The molecule has 3 N–H and O–H groups in total. The van der Waals surface area contributed by atoms with Gasteiger partial charge < -0.3 is 5.73 Å². The second kappa shape index (κ2) is 5.03. The number of amides is 1. The Balaban J connectivity index is 3.15. The van der Waals surface area contributed by atoms with Gasteiger partial charge in [-0.3, -0.25) is 10.1 Å². The molecular weight excluding hydrogens is 214 g/mol. The summed E-state index contributed by atoms with van der Waals surface area (Å²) in [6.07, 6.45) is 0. The van der Waals surface area contributed by atoms with Crippen LogP contribution in [0.15, 0.2) is 18.2 Å². The average Bonchev–Trinajstić information content (AvgIpc) is 2.15. The second-order valence-corrected chi connectivity index (χ2v) is 3.79. The molecule has 88 valence electrons. The fourth-order valence-electron chi connectivity index (χ4n) is 1.43. The number of rotatable bonds is 4. The number of hydrogen-bond donors (Lipinski definition) is 2. The van der Waals surface area contributed by atoms with Gasteiger partial charge in [0, 0.05) is 11.6 Å². The summed E-state index contributed by atoms with van der Waals surface area (Å²) >= 11 is 0. The minimum Gasteiger partial charge on any atom is -0.368 e. The summed E-state index contributed by atoms with van der Waals surface area (Å²) in [5.41, 5.74) is 4.79. The quantitative estimate of drug-likeness (QED) is 0.820. The molecule has 0 radical (unpaired) electrons. The number of nitrogens with two attached hydrogens (primary N) is 1. The van der Waals surface area contributed by atoms with Crippen LogP contribution >= 0.6 is 0 Å². The highest BCUT2D eigenvalue weighted by Gasteiger charge is 2.25. The highest BCUT2D eigenvalue weighted by molar-refractivity contribution is 5.81. The fraction of sp³-hybridized carbons (Fsp3) is 0.364. The summed E-state index contributed by atoms with van der Waals surface area (Å²) in [6, 6.07) is 2.16. The van der Waals surface area contributed by atoms with E-state index in [-0.39, 0.29) is 11.6 Å². The minimum atomic E-state index is -1.15. The smallest absolute Gasteiger partial charge is 0.239 e. The van der Waals surface area contributed by atoms with Gasteiger partial charge >= 0.3 is 0 Å². The van der Waals surface area contributed by atoms with Crippen LogP contribution in [0.4, 0.5) is 8.78 Å². The fourth-order valence-corrected chi connectivity index (χ4v) is 1.43. The summed E-state index contributed by atoms with van der Waals surface area (Å²) in [6.45, 7) is 3.52. The maximum atomic E-state index is 13.4. The molecule has 1 rings (SSSR count). The Morgan fingerprint density at radius 3 is 2.19 bits per heavy atom. The Morgan fingerprint density at radius 2 is 1.81 bits per heavy atom. The van der Waals surface area contributed by atoms with Crippen molar-refractivity contribution in [3.05, 3.63) is 35.4 Å². The predicted molar refractivity (Wildman–Crippen MR) is 56.6 cm³/mol. The normalized spacial score (nSPS) is 12.8. The summed E-state index contributed by atoms with van der Waals surface area (Å²) in [7, 11) is 0. The lowest BCUT2D eigenvalue weighted by atomic mass is 10.0. The maximum Gasteiger partial charge on any atom is 0.239 e. The zero-order valence-corrected chi connectivity index (χ0v) is 9.13. The molecule has 0 aliphatic carbocycles. The molecule has 0 heterocycles. The Morgan fingerprint density at radius 1 is 1.31 bits per heavy atom. The SMILES string of the molecule is CC(C)NC(C(N)=O)c1c(F)cccc1F. The van der Waals surface area contributed by atoms with Gasteiger partial charge in [0.2, 0.25) is 5.91 Å². The van der Waals surface area contributed by atoms with E-state index < -0.39 is 23.6 Å². The van der Waals surface area contributed by atoms with Gasteiger partial charge in [-0.15, -0.1) is 0 Å². The lowest BCUT2D eigenvalue weighted by Crippen LogP contribution is -2.38. The van der Waals surface area contributed by atoms with Crippen molar-refractivity contribution in [3.8, 4) is 0 Å². The maximum absolute atomic E-state index is 13.4. The summed E-state index contributed by atoms with van der Waals surface area (Å²) < 4.78 is 26.8. The molecule has 0 fully saturated rings. The summed E-state index contributed by atoms with van der Waals surface area (Å²) in [5.74, 6) is -2.37. The first-order chi connectivity index (χ1) is 7.43. The van der Waals surface area contributed by atoms with Crippen LogP contribution in [-0.2, 0) is 4.79 Å². The molecule has 0 aliphatic rings. The van der Waals surface area contributed by atoms with Gasteiger partial charge in [-0.05, 0) is 26.0 Å². The van der Waals surface area contributed by atoms with E-state index in [0.717, 1.165) is 12.1 Å². The molecule has 1 aromatic carbocycles. The van der Waals surface area contributed by atoms with Crippen molar-refractivity contribution in [3.63, 3.8) is 0 Å². The van der Waals surface area contributed by atoms with Gasteiger partial charge in [0.25, 0.3) is 0 Å². The molecule has 0 bridgehead atoms. The van der Waals surface area contributed by atoms with E-state index in [0.29, 0.717) is 0 Å². The van der Waals surface area contributed by atoms with E-state index in [4.69, 9.17) is 5.73 Å². The van der Waals surface area contributed by atoms with Crippen molar-refractivity contribution in [2.45, 2.75) is 25.9 Å². The van der Waals surface area contributed by atoms with E-state index in [1.807, 2.05) is 0 Å². The van der Waals surface area contributed by atoms with Crippen molar-refractivity contribution in [2.24, 2.45) is 5.73 Å². The van der Waals surface area contributed by atoms with Crippen molar-refractivity contribution in [1.82, 2.24) is 5.32 Å². The average molecular weight is 228 g/mol. The molecule has 0 saturated heterocycles. The molecule has 0 aliphatic heterocycles. The van der Waals surface area contributed by atoms with Crippen LogP contribution in [-0.4, -0.2) is 11.9 Å². The molecule has 5 heteroatoms. The molecule has 1 aromatic rings. The van der Waals surface area contributed by atoms with Crippen LogP contribution in [0.5, 0.6) is 0 Å². The highest BCUT2D eigenvalue weighted by Crippen LogP contribution is 2.20. The van der Waals surface area contributed by atoms with E-state index in [9.17, 15) is 13.6 Å². The van der Waals surface area contributed by atoms with E-state index in [2.05, 4.69) is 5.32 Å². The molecule has 1 atom stereocenters. The number of primary amides is 1. The van der Waals surface area contributed by atoms with Crippen LogP contribution in [0.3, 0.4) is 0 Å². The van der Waals surface area contributed by atoms with Crippen molar-refractivity contribution in [2.75, 3.05) is 0 Å². The number of carbonyl (C=O) groups is 1. The zero-order chi connectivity index (χ0) is 12.3. The Hall–Kier alpha value is -1.49. The molecule has 1 amide bonds. The largest absolute Gasteiger partial charge is 0.368 e. The number of hydrogen-bond acceptors (Lipinski definition) is 2. The third-order valence-corrected chi connectivity index (χ3v) is 2.07. The van der Waals surface area contributed by atoms with E-state index in [1.165, 1.54) is 6.07 Å². The van der Waals surface area contributed by atoms with E-state index >= 15 is 0 Å². The van der Waals surface area contributed by atoms with Crippen LogP contribution in [0.25, 0.3) is 0 Å². The molecule has 0 spiro atoms. The van der Waals surface area contributed by atoms with Gasteiger partial charge in [0.05, 0.1) is 0 Å². The molecule has 16 heavy (non-hydrogen) atoms. The number of benzene rings is 1. The second-order valence-electron chi connectivity index (χ2n) is 3.79. The van der Waals surface area contributed by atoms with Crippen molar-refractivity contribution >= 4 is 5.91 Å². The minimum absolute atomic E-state index is 0.114. The molecule has 0 aromatic heterocycles. The lowest BCUT2D eigenvalue weighted by molar-refractivity contribution is -0.120. The third-order valence-electron chi connectivity index (χ3n) is 2.07. The third kappa shape index (κ3) is 2.76. The van der Waals surface area contributed by atoms with Crippen LogP contribution in [0.1, 0.15) is 25.5 Å². The Bertz CT molecular complexity index is 373. The number of halogens is 2. The first-order valence-electron chi connectivity index (χ1n) is 4.92. The first kappa shape index (κ1) is 12.6. The van der Waals surface area contributed by atoms with Crippen LogP contribution in [0, 0.1) is 11.6 Å². The van der Waals surface area contributed by atoms with Crippen molar-refractivity contribution in [1.29, 1.82) is 0 Å². The number of carbonyl (C=O) groups excluding carboxylic acids is 1.